The fourth-order valence-corrected chi connectivity index (χ4v) is 3.71. The highest BCUT2D eigenvalue weighted by Crippen LogP contribution is 2.20. The first-order chi connectivity index (χ1) is 6.90. The largest absolute Gasteiger partial charge is 0.315 e. The number of sulfonamides is 1. The van der Waals surface area contributed by atoms with Crippen LogP contribution in [0.25, 0.3) is 0 Å². The molecule has 1 N–H and O–H groups in total. The maximum atomic E-state index is 12.0. The highest BCUT2D eigenvalue weighted by Gasteiger charge is 2.35. The van der Waals surface area contributed by atoms with Crippen LogP contribution in [-0.4, -0.2) is 43.6 Å². The summed E-state index contributed by atoms with van der Waals surface area (Å²) in [5.41, 5.74) is -0.382. The van der Waals surface area contributed by atoms with Gasteiger partial charge in [-0.2, -0.15) is 4.31 Å². The molecule has 15 heavy (non-hydrogen) atoms. The summed E-state index contributed by atoms with van der Waals surface area (Å²) in [5.74, 6) is 0.220. The van der Waals surface area contributed by atoms with Gasteiger partial charge in [0.15, 0.2) is 0 Å². The van der Waals surface area contributed by atoms with E-state index in [-0.39, 0.29) is 11.3 Å². The van der Waals surface area contributed by atoms with Crippen LogP contribution in [0.5, 0.6) is 0 Å². The summed E-state index contributed by atoms with van der Waals surface area (Å²) in [6, 6.07) is 0. The van der Waals surface area contributed by atoms with Crippen LogP contribution in [0.15, 0.2) is 12.7 Å². The Morgan fingerprint density at radius 3 is 2.80 bits per heavy atom. The lowest BCUT2D eigenvalue weighted by Gasteiger charge is -2.38. The molecule has 5 heteroatoms. The number of hydrogen-bond acceptors (Lipinski definition) is 3. The topological polar surface area (TPSA) is 49.4 Å². The summed E-state index contributed by atoms with van der Waals surface area (Å²) in [5, 5.41) is 3.26. The molecular formula is C10H20N2O2S. The van der Waals surface area contributed by atoms with Crippen LogP contribution in [0.3, 0.4) is 0 Å². The van der Waals surface area contributed by atoms with Crippen molar-refractivity contribution in [2.75, 3.05) is 25.4 Å². The summed E-state index contributed by atoms with van der Waals surface area (Å²) < 4.78 is 25.6. The molecule has 1 heterocycles. The molecule has 0 unspecified atom stereocenters. The molecular weight excluding hydrogens is 212 g/mol. The summed E-state index contributed by atoms with van der Waals surface area (Å²) in [6.07, 6.45) is 2.31. The predicted molar refractivity (Wildman–Crippen MR) is 62.3 cm³/mol. The van der Waals surface area contributed by atoms with Crippen molar-refractivity contribution in [2.45, 2.75) is 25.8 Å². The Labute approximate surface area is 92.4 Å². The Morgan fingerprint density at radius 1 is 1.53 bits per heavy atom. The molecule has 1 aliphatic heterocycles. The fraction of sp³-hybridized carbons (Fsp3) is 0.800. The minimum atomic E-state index is -3.13. The number of nitrogens with zero attached hydrogens (tertiary/aromatic N) is 1. The standard InChI is InChI=1S/C10H20N2O2S/c1-4-7-12-10(2,3)9-11-6-5-8-15(12,13)14/h4,11H,1,5-9H2,2-3H3. The Bertz CT molecular complexity index is 322. The summed E-state index contributed by atoms with van der Waals surface area (Å²) in [4.78, 5) is 0. The zero-order valence-electron chi connectivity index (χ0n) is 9.49. The van der Waals surface area contributed by atoms with Gasteiger partial charge in [0, 0.05) is 18.6 Å². The summed E-state index contributed by atoms with van der Waals surface area (Å²) in [6.45, 7) is 9.32. The van der Waals surface area contributed by atoms with Gasteiger partial charge < -0.3 is 5.32 Å². The summed E-state index contributed by atoms with van der Waals surface area (Å²) >= 11 is 0. The normalized spacial score (nSPS) is 26.5. The van der Waals surface area contributed by atoms with Crippen molar-refractivity contribution in [1.82, 2.24) is 9.62 Å². The van der Waals surface area contributed by atoms with Gasteiger partial charge in [0.1, 0.15) is 0 Å². The van der Waals surface area contributed by atoms with Crippen molar-refractivity contribution >= 4 is 10.0 Å². The van der Waals surface area contributed by atoms with E-state index in [0.29, 0.717) is 19.5 Å². The molecule has 1 saturated heterocycles. The zero-order chi connectivity index (χ0) is 11.5. The lowest BCUT2D eigenvalue weighted by molar-refractivity contribution is 0.232. The monoisotopic (exact) mass is 232 g/mol. The molecule has 1 fully saturated rings. The van der Waals surface area contributed by atoms with Gasteiger partial charge in [0.2, 0.25) is 10.0 Å². The smallest absolute Gasteiger partial charge is 0.214 e. The quantitative estimate of drug-likeness (QED) is 0.708. The molecule has 0 aromatic heterocycles. The van der Waals surface area contributed by atoms with E-state index in [9.17, 15) is 8.42 Å². The lowest BCUT2D eigenvalue weighted by atomic mass is 10.1. The van der Waals surface area contributed by atoms with Crippen LogP contribution in [-0.2, 0) is 10.0 Å². The highest BCUT2D eigenvalue weighted by atomic mass is 32.2. The van der Waals surface area contributed by atoms with Crippen molar-refractivity contribution in [3.8, 4) is 0 Å². The van der Waals surface area contributed by atoms with Crippen LogP contribution in [0.2, 0.25) is 0 Å². The van der Waals surface area contributed by atoms with E-state index in [1.807, 2.05) is 13.8 Å². The minimum Gasteiger partial charge on any atom is -0.315 e. The first-order valence-electron chi connectivity index (χ1n) is 5.22. The van der Waals surface area contributed by atoms with Gasteiger partial charge in [0.05, 0.1) is 5.75 Å². The SMILES string of the molecule is C=CCN1C(C)(C)CNCCCS1(=O)=O. The third kappa shape index (κ3) is 3.03. The highest BCUT2D eigenvalue weighted by molar-refractivity contribution is 7.89. The second kappa shape index (κ2) is 4.63. The first kappa shape index (κ1) is 12.7. The molecule has 1 rings (SSSR count). The maximum absolute atomic E-state index is 12.0. The fourth-order valence-electron chi connectivity index (χ4n) is 1.83. The molecule has 0 radical (unpaired) electrons. The Balaban J connectivity index is 2.99. The second-order valence-electron chi connectivity index (χ2n) is 4.48. The van der Waals surface area contributed by atoms with E-state index >= 15 is 0 Å². The maximum Gasteiger partial charge on any atom is 0.214 e. The third-order valence-electron chi connectivity index (χ3n) is 2.62. The van der Waals surface area contributed by atoms with Crippen LogP contribution in [0, 0.1) is 0 Å². The molecule has 0 bridgehead atoms. The number of rotatable bonds is 2. The minimum absolute atomic E-state index is 0.220. The van der Waals surface area contributed by atoms with Crippen molar-refractivity contribution in [2.24, 2.45) is 0 Å². The van der Waals surface area contributed by atoms with Crippen LogP contribution in [0.4, 0.5) is 0 Å². The predicted octanol–water partition coefficient (Wildman–Crippen LogP) is 0.576. The van der Waals surface area contributed by atoms with Gasteiger partial charge in [-0.15, -0.1) is 6.58 Å². The van der Waals surface area contributed by atoms with E-state index in [1.54, 1.807) is 10.4 Å². The number of nitrogens with one attached hydrogen (secondary N) is 1. The Hall–Kier alpha value is -0.390. The van der Waals surface area contributed by atoms with E-state index in [2.05, 4.69) is 11.9 Å². The Morgan fingerprint density at radius 2 is 2.20 bits per heavy atom. The van der Waals surface area contributed by atoms with Crippen molar-refractivity contribution in [3.63, 3.8) is 0 Å². The first-order valence-corrected chi connectivity index (χ1v) is 6.83. The molecule has 0 aromatic carbocycles. The molecule has 0 aliphatic carbocycles. The third-order valence-corrected chi connectivity index (χ3v) is 4.74. The molecule has 4 nitrogen and oxygen atoms in total. The van der Waals surface area contributed by atoms with Crippen LogP contribution in [0.1, 0.15) is 20.3 Å². The zero-order valence-corrected chi connectivity index (χ0v) is 10.3. The van der Waals surface area contributed by atoms with Crippen molar-refractivity contribution in [3.05, 3.63) is 12.7 Å². The van der Waals surface area contributed by atoms with E-state index in [1.165, 1.54) is 0 Å². The average molecular weight is 232 g/mol. The lowest BCUT2D eigenvalue weighted by Crippen LogP contribution is -2.55. The molecule has 88 valence electrons. The van der Waals surface area contributed by atoms with Crippen LogP contribution < -0.4 is 5.32 Å². The molecule has 0 spiro atoms. The van der Waals surface area contributed by atoms with E-state index in [0.717, 1.165) is 6.54 Å². The van der Waals surface area contributed by atoms with Crippen molar-refractivity contribution < 1.29 is 8.42 Å². The van der Waals surface area contributed by atoms with E-state index < -0.39 is 10.0 Å². The molecule has 0 amide bonds. The van der Waals surface area contributed by atoms with Gasteiger partial charge >= 0.3 is 0 Å². The van der Waals surface area contributed by atoms with Crippen molar-refractivity contribution in [1.29, 1.82) is 0 Å². The number of hydrogen-bond donors (Lipinski definition) is 1. The van der Waals surface area contributed by atoms with Gasteiger partial charge in [-0.25, -0.2) is 8.42 Å². The van der Waals surface area contributed by atoms with Crippen LogP contribution >= 0.6 is 0 Å². The van der Waals surface area contributed by atoms with Gasteiger partial charge in [-0.1, -0.05) is 6.08 Å². The molecule has 0 atom stereocenters. The average Bonchev–Trinajstić information content (AvgIpc) is 2.11. The van der Waals surface area contributed by atoms with Gasteiger partial charge in [-0.3, -0.25) is 0 Å². The molecule has 1 aliphatic rings. The summed E-state index contributed by atoms with van der Waals surface area (Å²) in [7, 11) is -3.13. The Kier molecular flexibility index (Phi) is 3.92. The second-order valence-corrected chi connectivity index (χ2v) is 6.49. The van der Waals surface area contributed by atoms with Gasteiger partial charge in [0.25, 0.3) is 0 Å². The van der Waals surface area contributed by atoms with Gasteiger partial charge in [-0.05, 0) is 26.8 Å². The molecule has 0 aromatic rings. The van der Waals surface area contributed by atoms with E-state index in [4.69, 9.17) is 0 Å². The molecule has 0 saturated carbocycles.